The summed E-state index contributed by atoms with van der Waals surface area (Å²) in [7, 11) is -2.31. The first-order valence-corrected chi connectivity index (χ1v) is 11.1. The second kappa shape index (κ2) is 10.0. The Bertz CT molecular complexity index is 958. The lowest BCUT2D eigenvalue weighted by Gasteiger charge is -2.30. The average Bonchev–Trinajstić information content (AvgIpc) is 2.75. The standard InChI is InChI=1S/C21H25FN2O5S/c1-28-14-15-29-18-8-6-17(7-9-18)23-21(25)16-10-12-24(13-11-16)30(26,27)20-5-3-2-4-19(20)22/h2-9,16H,10-15H2,1H3,(H,23,25). The molecule has 1 fully saturated rings. The van der Waals surface area contributed by atoms with Gasteiger partial charge in [-0.3, -0.25) is 4.79 Å². The maximum atomic E-state index is 13.9. The number of sulfonamides is 1. The Morgan fingerprint density at radius 3 is 2.40 bits per heavy atom. The summed E-state index contributed by atoms with van der Waals surface area (Å²) in [6.45, 7) is 1.27. The van der Waals surface area contributed by atoms with Crippen molar-refractivity contribution in [2.75, 3.05) is 38.7 Å². The number of hydrogen-bond acceptors (Lipinski definition) is 5. The molecule has 1 aliphatic rings. The van der Waals surface area contributed by atoms with Gasteiger partial charge in [0.25, 0.3) is 0 Å². The smallest absolute Gasteiger partial charge is 0.245 e. The molecule has 1 saturated heterocycles. The molecule has 9 heteroatoms. The first kappa shape index (κ1) is 22.2. The van der Waals surface area contributed by atoms with E-state index in [-0.39, 0.29) is 29.8 Å². The van der Waals surface area contributed by atoms with E-state index >= 15 is 0 Å². The van der Waals surface area contributed by atoms with Crippen LogP contribution in [0.15, 0.2) is 53.4 Å². The zero-order valence-electron chi connectivity index (χ0n) is 16.7. The number of amides is 1. The summed E-state index contributed by atoms with van der Waals surface area (Å²) in [5.74, 6) is -0.565. The van der Waals surface area contributed by atoms with Crippen LogP contribution in [0.2, 0.25) is 0 Å². The molecule has 3 rings (SSSR count). The maximum Gasteiger partial charge on any atom is 0.245 e. The Hall–Kier alpha value is -2.49. The van der Waals surface area contributed by atoms with Crippen molar-refractivity contribution in [2.24, 2.45) is 5.92 Å². The van der Waals surface area contributed by atoms with E-state index in [0.29, 0.717) is 37.5 Å². The van der Waals surface area contributed by atoms with Crippen LogP contribution >= 0.6 is 0 Å². The zero-order chi connectivity index (χ0) is 21.6. The highest BCUT2D eigenvalue weighted by molar-refractivity contribution is 7.89. The van der Waals surface area contributed by atoms with Crippen LogP contribution in [0.5, 0.6) is 5.75 Å². The van der Waals surface area contributed by atoms with Crippen molar-refractivity contribution >= 4 is 21.6 Å². The summed E-state index contributed by atoms with van der Waals surface area (Å²) in [5.41, 5.74) is 0.639. The van der Waals surface area contributed by atoms with Crippen molar-refractivity contribution in [3.63, 3.8) is 0 Å². The van der Waals surface area contributed by atoms with Gasteiger partial charge in [0.15, 0.2) is 0 Å². The van der Waals surface area contributed by atoms with Crippen LogP contribution in [0.4, 0.5) is 10.1 Å². The summed E-state index contributed by atoms with van der Waals surface area (Å²) in [5, 5.41) is 2.85. The Labute approximate surface area is 175 Å². The molecule has 1 heterocycles. The van der Waals surface area contributed by atoms with E-state index < -0.39 is 15.8 Å². The van der Waals surface area contributed by atoms with Gasteiger partial charge in [-0.1, -0.05) is 12.1 Å². The molecular weight excluding hydrogens is 411 g/mol. The average molecular weight is 437 g/mol. The lowest BCUT2D eigenvalue weighted by molar-refractivity contribution is -0.120. The van der Waals surface area contributed by atoms with Crippen LogP contribution in [0.25, 0.3) is 0 Å². The summed E-state index contributed by atoms with van der Waals surface area (Å²) >= 11 is 0. The highest BCUT2D eigenvalue weighted by Gasteiger charge is 2.33. The van der Waals surface area contributed by atoms with Gasteiger partial charge in [-0.25, -0.2) is 12.8 Å². The largest absolute Gasteiger partial charge is 0.491 e. The van der Waals surface area contributed by atoms with Crippen molar-refractivity contribution in [2.45, 2.75) is 17.7 Å². The highest BCUT2D eigenvalue weighted by atomic mass is 32.2. The molecule has 0 saturated carbocycles. The van der Waals surface area contributed by atoms with E-state index in [1.807, 2.05) is 0 Å². The molecule has 0 radical (unpaired) electrons. The third-order valence-electron chi connectivity index (χ3n) is 4.96. The van der Waals surface area contributed by atoms with Gasteiger partial charge in [0.1, 0.15) is 23.1 Å². The number of hydrogen-bond donors (Lipinski definition) is 1. The molecule has 1 N–H and O–H groups in total. The fourth-order valence-corrected chi connectivity index (χ4v) is 4.81. The zero-order valence-corrected chi connectivity index (χ0v) is 17.5. The molecule has 7 nitrogen and oxygen atoms in total. The number of carbonyl (C=O) groups is 1. The van der Waals surface area contributed by atoms with E-state index in [4.69, 9.17) is 9.47 Å². The highest BCUT2D eigenvalue weighted by Crippen LogP contribution is 2.26. The Morgan fingerprint density at radius 1 is 1.10 bits per heavy atom. The first-order chi connectivity index (χ1) is 14.4. The van der Waals surface area contributed by atoms with Crippen molar-refractivity contribution < 1.29 is 27.1 Å². The number of rotatable bonds is 8. The van der Waals surface area contributed by atoms with Gasteiger partial charge in [0.05, 0.1) is 6.61 Å². The summed E-state index contributed by atoms with van der Waals surface area (Å²) < 4.78 is 50.9. The van der Waals surface area contributed by atoms with E-state index in [1.165, 1.54) is 22.5 Å². The van der Waals surface area contributed by atoms with E-state index in [9.17, 15) is 17.6 Å². The Morgan fingerprint density at radius 2 is 1.77 bits per heavy atom. The molecule has 1 amide bonds. The quantitative estimate of drug-likeness (QED) is 0.644. The molecular formula is C21H25FN2O5S. The van der Waals surface area contributed by atoms with Crippen molar-refractivity contribution in [3.05, 3.63) is 54.3 Å². The SMILES string of the molecule is COCCOc1ccc(NC(=O)C2CCN(S(=O)(=O)c3ccccc3F)CC2)cc1. The molecule has 30 heavy (non-hydrogen) atoms. The number of halogens is 1. The monoisotopic (exact) mass is 436 g/mol. The molecule has 2 aromatic carbocycles. The van der Waals surface area contributed by atoms with Crippen molar-refractivity contribution in [1.29, 1.82) is 0 Å². The fourth-order valence-electron chi connectivity index (χ4n) is 3.27. The summed E-state index contributed by atoms with van der Waals surface area (Å²) in [6, 6.07) is 12.3. The molecule has 0 unspecified atom stereocenters. The number of ether oxygens (including phenoxy) is 2. The predicted molar refractivity (Wildman–Crippen MR) is 110 cm³/mol. The molecule has 0 aromatic heterocycles. The third-order valence-corrected chi connectivity index (χ3v) is 6.89. The minimum absolute atomic E-state index is 0.161. The van der Waals surface area contributed by atoms with Gasteiger partial charge >= 0.3 is 0 Å². The van der Waals surface area contributed by atoms with Crippen LogP contribution < -0.4 is 10.1 Å². The van der Waals surface area contributed by atoms with Crippen molar-refractivity contribution in [3.8, 4) is 5.75 Å². The fraction of sp³-hybridized carbons (Fsp3) is 0.381. The number of nitrogens with zero attached hydrogens (tertiary/aromatic N) is 1. The number of methoxy groups -OCH3 is 1. The molecule has 0 spiro atoms. The van der Waals surface area contributed by atoms with Gasteiger partial charge < -0.3 is 14.8 Å². The van der Waals surface area contributed by atoms with Gasteiger partial charge in [-0.2, -0.15) is 4.31 Å². The van der Waals surface area contributed by atoms with E-state index in [1.54, 1.807) is 31.4 Å². The first-order valence-electron chi connectivity index (χ1n) is 9.69. The third kappa shape index (κ3) is 5.35. The van der Waals surface area contributed by atoms with Crippen LogP contribution in [-0.2, 0) is 19.6 Å². The Balaban J connectivity index is 1.53. The van der Waals surface area contributed by atoms with E-state index in [2.05, 4.69) is 5.32 Å². The summed E-state index contributed by atoms with van der Waals surface area (Å²) in [6.07, 6.45) is 0.745. The van der Waals surface area contributed by atoms with E-state index in [0.717, 1.165) is 6.07 Å². The molecule has 162 valence electrons. The topological polar surface area (TPSA) is 84.9 Å². The van der Waals surface area contributed by atoms with Gasteiger partial charge in [0, 0.05) is 31.8 Å². The molecule has 2 aromatic rings. The number of carbonyl (C=O) groups excluding carboxylic acids is 1. The maximum absolute atomic E-state index is 13.9. The lowest BCUT2D eigenvalue weighted by Crippen LogP contribution is -2.41. The van der Waals surface area contributed by atoms with Crippen LogP contribution in [-0.4, -0.2) is 52.0 Å². The lowest BCUT2D eigenvalue weighted by atomic mass is 9.97. The van der Waals surface area contributed by atoms with Gasteiger partial charge in [0.2, 0.25) is 15.9 Å². The van der Waals surface area contributed by atoms with Crippen molar-refractivity contribution in [1.82, 2.24) is 4.31 Å². The normalized spacial score (nSPS) is 15.7. The number of piperidine rings is 1. The summed E-state index contributed by atoms with van der Waals surface area (Å²) in [4.78, 5) is 12.2. The Kier molecular flexibility index (Phi) is 7.41. The minimum Gasteiger partial charge on any atom is -0.491 e. The molecule has 1 aliphatic heterocycles. The van der Waals surface area contributed by atoms with Gasteiger partial charge in [-0.05, 0) is 49.2 Å². The minimum atomic E-state index is -3.91. The van der Waals surface area contributed by atoms with Crippen LogP contribution in [0, 0.1) is 11.7 Å². The molecule has 0 bridgehead atoms. The van der Waals surface area contributed by atoms with Gasteiger partial charge in [-0.15, -0.1) is 0 Å². The van der Waals surface area contributed by atoms with Crippen LogP contribution in [0.3, 0.4) is 0 Å². The predicted octanol–water partition coefficient (Wildman–Crippen LogP) is 2.89. The molecule has 0 atom stereocenters. The second-order valence-electron chi connectivity index (χ2n) is 6.96. The van der Waals surface area contributed by atoms with Crippen LogP contribution in [0.1, 0.15) is 12.8 Å². The second-order valence-corrected chi connectivity index (χ2v) is 8.87. The number of nitrogens with one attached hydrogen (secondary N) is 1. The molecule has 0 aliphatic carbocycles. The number of anilines is 1. The number of benzene rings is 2.